The molecule has 4 nitrogen and oxygen atoms in total. The summed E-state index contributed by atoms with van der Waals surface area (Å²) in [6.45, 7) is 1.29. The molecule has 0 heterocycles. The second-order valence-corrected chi connectivity index (χ2v) is 3.99. The van der Waals surface area contributed by atoms with Crippen molar-refractivity contribution in [1.82, 2.24) is 4.90 Å². The Bertz CT molecular complexity index is 393. The zero-order valence-corrected chi connectivity index (χ0v) is 9.94. The molecule has 94 valence electrons. The lowest BCUT2D eigenvalue weighted by molar-refractivity contribution is 0.0695. The second kappa shape index (κ2) is 6.20. The summed E-state index contributed by atoms with van der Waals surface area (Å²) in [5.74, 6) is -1.52. The van der Waals surface area contributed by atoms with Crippen LogP contribution in [-0.4, -0.2) is 43.2 Å². The molecule has 0 spiro atoms. The van der Waals surface area contributed by atoms with Crippen LogP contribution in [0.15, 0.2) is 18.2 Å². The van der Waals surface area contributed by atoms with Crippen molar-refractivity contribution in [2.75, 3.05) is 27.2 Å². The zero-order valence-electron chi connectivity index (χ0n) is 9.94. The highest BCUT2D eigenvalue weighted by Crippen LogP contribution is 2.16. The van der Waals surface area contributed by atoms with Crippen LogP contribution >= 0.6 is 0 Å². The highest BCUT2D eigenvalue weighted by molar-refractivity contribution is 5.88. The Balaban J connectivity index is 2.56. The molecular formula is C12H16FNO3. The van der Waals surface area contributed by atoms with Gasteiger partial charge in [-0.05, 0) is 32.6 Å². The van der Waals surface area contributed by atoms with Crippen molar-refractivity contribution in [3.05, 3.63) is 29.6 Å². The largest absolute Gasteiger partial charge is 0.493 e. The van der Waals surface area contributed by atoms with Gasteiger partial charge in [-0.15, -0.1) is 0 Å². The lowest BCUT2D eigenvalue weighted by Crippen LogP contribution is -2.15. The first-order valence-electron chi connectivity index (χ1n) is 5.30. The van der Waals surface area contributed by atoms with E-state index in [1.807, 2.05) is 19.0 Å². The van der Waals surface area contributed by atoms with Crippen LogP contribution in [0.4, 0.5) is 4.39 Å². The van der Waals surface area contributed by atoms with Gasteiger partial charge in [-0.1, -0.05) is 0 Å². The molecule has 0 aliphatic heterocycles. The third-order valence-electron chi connectivity index (χ3n) is 2.14. The van der Waals surface area contributed by atoms with E-state index >= 15 is 0 Å². The number of carbonyl (C=O) groups is 1. The van der Waals surface area contributed by atoms with Crippen LogP contribution in [0.5, 0.6) is 5.75 Å². The maximum Gasteiger partial charge on any atom is 0.335 e. The first-order chi connectivity index (χ1) is 7.99. The van der Waals surface area contributed by atoms with Gasteiger partial charge in [-0.25, -0.2) is 9.18 Å². The summed E-state index contributed by atoms with van der Waals surface area (Å²) in [5, 5.41) is 8.75. The zero-order chi connectivity index (χ0) is 12.8. The molecule has 0 aliphatic rings. The molecule has 0 bridgehead atoms. The van der Waals surface area contributed by atoms with E-state index in [0.29, 0.717) is 6.61 Å². The van der Waals surface area contributed by atoms with Crippen LogP contribution in [0.3, 0.4) is 0 Å². The fraction of sp³-hybridized carbons (Fsp3) is 0.417. The minimum Gasteiger partial charge on any atom is -0.493 e. The van der Waals surface area contributed by atoms with E-state index in [1.54, 1.807) is 0 Å². The second-order valence-electron chi connectivity index (χ2n) is 3.99. The quantitative estimate of drug-likeness (QED) is 0.772. The number of hydrogen-bond acceptors (Lipinski definition) is 3. The molecule has 17 heavy (non-hydrogen) atoms. The number of benzene rings is 1. The molecule has 1 aromatic carbocycles. The lowest BCUT2D eigenvalue weighted by atomic mass is 10.2. The summed E-state index contributed by atoms with van der Waals surface area (Å²) in [6, 6.07) is 3.47. The summed E-state index contributed by atoms with van der Waals surface area (Å²) in [7, 11) is 3.90. The smallest absolute Gasteiger partial charge is 0.335 e. The van der Waals surface area contributed by atoms with E-state index in [2.05, 4.69) is 0 Å². The number of rotatable bonds is 6. The van der Waals surface area contributed by atoms with Crippen molar-refractivity contribution < 1.29 is 19.0 Å². The Labute approximate surface area is 99.6 Å². The van der Waals surface area contributed by atoms with E-state index in [1.165, 1.54) is 12.1 Å². The Morgan fingerprint density at radius 3 is 2.71 bits per heavy atom. The predicted molar refractivity (Wildman–Crippen MR) is 62.0 cm³/mol. The average Bonchev–Trinajstić information content (AvgIpc) is 2.23. The van der Waals surface area contributed by atoms with E-state index in [-0.39, 0.29) is 11.3 Å². The number of aromatic carboxylic acids is 1. The molecule has 1 N–H and O–H groups in total. The van der Waals surface area contributed by atoms with Gasteiger partial charge in [0.15, 0.2) is 0 Å². The van der Waals surface area contributed by atoms with Crippen LogP contribution in [0.1, 0.15) is 16.8 Å². The monoisotopic (exact) mass is 241 g/mol. The molecule has 0 fully saturated rings. The molecule has 0 radical (unpaired) electrons. The Kier molecular flexibility index (Phi) is 4.90. The topological polar surface area (TPSA) is 49.8 Å². The van der Waals surface area contributed by atoms with Crippen molar-refractivity contribution in [1.29, 1.82) is 0 Å². The molecule has 5 heteroatoms. The third kappa shape index (κ3) is 4.82. The van der Waals surface area contributed by atoms with E-state index in [9.17, 15) is 9.18 Å². The average molecular weight is 241 g/mol. The number of nitrogens with zero attached hydrogens (tertiary/aromatic N) is 1. The summed E-state index contributed by atoms with van der Waals surface area (Å²) >= 11 is 0. The first-order valence-corrected chi connectivity index (χ1v) is 5.30. The van der Waals surface area contributed by atoms with Gasteiger partial charge < -0.3 is 14.7 Å². The van der Waals surface area contributed by atoms with Crippen LogP contribution in [0, 0.1) is 5.82 Å². The molecule has 0 amide bonds. The minimum absolute atomic E-state index is 0.104. The summed E-state index contributed by atoms with van der Waals surface area (Å²) < 4.78 is 18.4. The SMILES string of the molecule is CN(C)CCCOc1cc(F)cc(C(=O)O)c1. The third-order valence-corrected chi connectivity index (χ3v) is 2.14. The molecule has 0 aliphatic carbocycles. The van der Waals surface area contributed by atoms with E-state index in [0.717, 1.165) is 19.0 Å². The van der Waals surface area contributed by atoms with Gasteiger partial charge >= 0.3 is 5.97 Å². The predicted octanol–water partition coefficient (Wildman–Crippen LogP) is 1.85. The molecule has 0 aromatic heterocycles. The van der Waals surface area contributed by atoms with Crippen molar-refractivity contribution in [2.45, 2.75) is 6.42 Å². The van der Waals surface area contributed by atoms with Crippen molar-refractivity contribution in [2.24, 2.45) is 0 Å². The summed E-state index contributed by atoms with van der Waals surface area (Å²) in [4.78, 5) is 12.7. The Hall–Kier alpha value is -1.62. The van der Waals surface area contributed by atoms with Crippen molar-refractivity contribution in [3.8, 4) is 5.75 Å². The standard InChI is InChI=1S/C12H16FNO3/c1-14(2)4-3-5-17-11-7-9(12(15)16)6-10(13)8-11/h6-8H,3-5H2,1-2H3,(H,15,16). The molecule has 0 saturated heterocycles. The van der Waals surface area contributed by atoms with Gasteiger partial charge in [-0.2, -0.15) is 0 Å². The van der Waals surface area contributed by atoms with Crippen LogP contribution in [-0.2, 0) is 0 Å². The molecule has 0 unspecified atom stereocenters. The van der Waals surface area contributed by atoms with Gasteiger partial charge in [0.05, 0.1) is 12.2 Å². The van der Waals surface area contributed by atoms with Gasteiger partial charge in [0.25, 0.3) is 0 Å². The molecule has 0 saturated carbocycles. The van der Waals surface area contributed by atoms with Gasteiger partial charge in [0.1, 0.15) is 11.6 Å². The highest BCUT2D eigenvalue weighted by atomic mass is 19.1. The Morgan fingerprint density at radius 1 is 1.41 bits per heavy atom. The number of ether oxygens (including phenoxy) is 1. The summed E-state index contributed by atoms with van der Waals surface area (Å²) in [5.41, 5.74) is -0.104. The molecule has 0 atom stereocenters. The molecular weight excluding hydrogens is 225 g/mol. The molecule has 1 rings (SSSR count). The van der Waals surface area contributed by atoms with E-state index < -0.39 is 11.8 Å². The van der Waals surface area contributed by atoms with Gasteiger partial charge in [0, 0.05) is 12.6 Å². The van der Waals surface area contributed by atoms with Gasteiger partial charge in [-0.3, -0.25) is 0 Å². The maximum atomic E-state index is 13.1. The van der Waals surface area contributed by atoms with Crippen LogP contribution < -0.4 is 4.74 Å². The lowest BCUT2D eigenvalue weighted by Gasteiger charge is -2.10. The highest BCUT2D eigenvalue weighted by Gasteiger charge is 2.07. The minimum atomic E-state index is -1.16. The van der Waals surface area contributed by atoms with Gasteiger partial charge in [0.2, 0.25) is 0 Å². The Morgan fingerprint density at radius 2 is 2.12 bits per heavy atom. The number of halogens is 1. The van der Waals surface area contributed by atoms with Crippen molar-refractivity contribution >= 4 is 5.97 Å². The first kappa shape index (κ1) is 13.4. The van der Waals surface area contributed by atoms with Crippen LogP contribution in [0.2, 0.25) is 0 Å². The fourth-order valence-corrected chi connectivity index (χ4v) is 1.34. The van der Waals surface area contributed by atoms with Crippen LogP contribution in [0.25, 0.3) is 0 Å². The summed E-state index contributed by atoms with van der Waals surface area (Å²) in [6.07, 6.45) is 0.798. The normalized spacial score (nSPS) is 10.6. The number of carboxylic acid groups (broad SMARTS) is 1. The van der Waals surface area contributed by atoms with Crippen molar-refractivity contribution in [3.63, 3.8) is 0 Å². The van der Waals surface area contributed by atoms with E-state index in [4.69, 9.17) is 9.84 Å². The molecule has 1 aromatic rings. The number of hydrogen-bond donors (Lipinski definition) is 1. The fourth-order valence-electron chi connectivity index (χ4n) is 1.34. The number of carboxylic acids is 1. The maximum absolute atomic E-state index is 13.1.